The highest BCUT2D eigenvalue weighted by molar-refractivity contribution is 5.77. The van der Waals surface area contributed by atoms with E-state index in [1.807, 2.05) is 19.2 Å². The smallest absolute Gasteiger partial charge is 0.222 e. The van der Waals surface area contributed by atoms with E-state index in [1.54, 1.807) is 19.1 Å². The Balaban J connectivity index is 2.43. The molecule has 0 atom stereocenters. The van der Waals surface area contributed by atoms with Crippen LogP contribution < -0.4 is 9.47 Å². The molecule has 0 radical (unpaired) electrons. The SMILES string of the molecule is COc1cc2c(cc1OC)CN(C)C(=O)CC2. The predicted octanol–water partition coefficient (Wildman–Crippen LogP) is 1.61. The molecule has 1 aliphatic rings. The van der Waals surface area contributed by atoms with Crippen LogP contribution in [0.2, 0.25) is 0 Å². The summed E-state index contributed by atoms with van der Waals surface area (Å²) in [5.41, 5.74) is 2.30. The molecule has 0 aliphatic carbocycles. The van der Waals surface area contributed by atoms with Gasteiger partial charge in [0, 0.05) is 20.0 Å². The van der Waals surface area contributed by atoms with E-state index in [-0.39, 0.29) is 5.91 Å². The van der Waals surface area contributed by atoms with Crippen molar-refractivity contribution in [2.24, 2.45) is 0 Å². The van der Waals surface area contributed by atoms with Crippen LogP contribution in [0.25, 0.3) is 0 Å². The van der Waals surface area contributed by atoms with Crippen LogP contribution in [0.5, 0.6) is 11.5 Å². The van der Waals surface area contributed by atoms with Crippen molar-refractivity contribution in [3.8, 4) is 11.5 Å². The number of benzene rings is 1. The molecular weight excluding hydrogens is 218 g/mol. The second kappa shape index (κ2) is 4.65. The van der Waals surface area contributed by atoms with Crippen molar-refractivity contribution in [1.29, 1.82) is 0 Å². The fourth-order valence-electron chi connectivity index (χ4n) is 2.12. The van der Waals surface area contributed by atoms with Gasteiger partial charge in [0.2, 0.25) is 5.91 Å². The average Bonchev–Trinajstić information content (AvgIpc) is 2.48. The first kappa shape index (κ1) is 11.8. The van der Waals surface area contributed by atoms with E-state index in [1.165, 1.54) is 5.56 Å². The maximum atomic E-state index is 11.7. The molecule has 0 unspecified atom stereocenters. The van der Waals surface area contributed by atoms with Gasteiger partial charge in [-0.2, -0.15) is 0 Å². The van der Waals surface area contributed by atoms with Crippen molar-refractivity contribution in [2.75, 3.05) is 21.3 Å². The normalized spacial score (nSPS) is 15.2. The quantitative estimate of drug-likeness (QED) is 0.781. The Morgan fingerprint density at radius 1 is 1.06 bits per heavy atom. The number of hydrogen-bond acceptors (Lipinski definition) is 3. The van der Waals surface area contributed by atoms with Crippen molar-refractivity contribution in [3.63, 3.8) is 0 Å². The Morgan fingerprint density at radius 2 is 1.65 bits per heavy atom. The Hall–Kier alpha value is -1.71. The Labute approximate surface area is 101 Å². The number of amides is 1. The molecule has 92 valence electrons. The molecule has 0 spiro atoms. The molecule has 1 aliphatic heterocycles. The zero-order valence-corrected chi connectivity index (χ0v) is 10.4. The van der Waals surface area contributed by atoms with E-state index in [9.17, 15) is 4.79 Å². The number of rotatable bonds is 2. The number of methoxy groups -OCH3 is 2. The molecule has 4 nitrogen and oxygen atoms in total. The van der Waals surface area contributed by atoms with Crippen LogP contribution in [-0.2, 0) is 17.8 Å². The zero-order valence-electron chi connectivity index (χ0n) is 10.4. The van der Waals surface area contributed by atoms with Crippen LogP contribution >= 0.6 is 0 Å². The van der Waals surface area contributed by atoms with E-state index in [0.29, 0.717) is 18.7 Å². The van der Waals surface area contributed by atoms with Crippen LogP contribution in [0.1, 0.15) is 17.5 Å². The van der Waals surface area contributed by atoms with Gasteiger partial charge in [-0.25, -0.2) is 0 Å². The molecule has 0 aromatic heterocycles. The van der Waals surface area contributed by atoms with Crippen molar-refractivity contribution >= 4 is 5.91 Å². The minimum atomic E-state index is 0.180. The summed E-state index contributed by atoms with van der Waals surface area (Å²) in [6, 6.07) is 3.93. The number of carbonyl (C=O) groups is 1. The molecule has 0 bridgehead atoms. The number of nitrogens with zero attached hydrogens (tertiary/aromatic N) is 1. The van der Waals surface area contributed by atoms with Crippen LogP contribution in [-0.4, -0.2) is 32.1 Å². The molecule has 0 N–H and O–H groups in total. The second-order valence-corrected chi connectivity index (χ2v) is 4.23. The van der Waals surface area contributed by atoms with Crippen molar-refractivity contribution < 1.29 is 14.3 Å². The van der Waals surface area contributed by atoms with Gasteiger partial charge >= 0.3 is 0 Å². The molecular formula is C13H17NO3. The summed E-state index contributed by atoms with van der Waals surface area (Å²) in [7, 11) is 5.07. The van der Waals surface area contributed by atoms with Gasteiger partial charge in [-0.05, 0) is 29.7 Å². The number of fused-ring (bicyclic) bond motifs is 1. The highest BCUT2D eigenvalue weighted by Crippen LogP contribution is 2.32. The second-order valence-electron chi connectivity index (χ2n) is 4.23. The maximum Gasteiger partial charge on any atom is 0.222 e. The van der Waals surface area contributed by atoms with Gasteiger partial charge in [0.1, 0.15) is 0 Å². The van der Waals surface area contributed by atoms with Crippen LogP contribution in [0, 0.1) is 0 Å². The van der Waals surface area contributed by atoms with E-state index in [4.69, 9.17) is 9.47 Å². The number of hydrogen-bond donors (Lipinski definition) is 0. The van der Waals surface area contributed by atoms with E-state index in [0.717, 1.165) is 17.7 Å². The van der Waals surface area contributed by atoms with Crippen LogP contribution in [0.3, 0.4) is 0 Å². The minimum Gasteiger partial charge on any atom is -0.493 e. The lowest BCUT2D eigenvalue weighted by Crippen LogP contribution is -2.24. The third-order valence-electron chi connectivity index (χ3n) is 3.15. The van der Waals surface area contributed by atoms with Gasteiger partial charge in [0.25, 0.3) is 0 Å². The highest BCUT2D eigenvalue weighted by Gasteiger charge is 2.19. The van der Waals surface area contributed by atoms with Gasteiger partial charge in [0.15, 0.2) is 11.5 Å². The summed E-state index contributed by atoms with van der Waals surface area (Å²) < 4.78 is 10.6. The van der Waals surface area contributed by atoms with E-state index < -0.39 is 0 Å². The molecule has 4 heteroatoms. The molecule has 1 aromatic rings. The Kier molecular flexibility index (Phi) is 3.22. The van der Waals surface area contributed by atoms with Crippen molar-refractivity contribution in [2.45, 2.75) is 19.4 Å². The van der Waals surface area contributed by atoms with E-state index in [2.05, 4.69) is 0 Å². The first-order chi connectivity index (χ1) is 8.15. The van der Waals surface area contributed by atoms with Crippen LogP contribution in [0.4, 0.5) is 0 Å². The number of carbonyl (C=O) groups excluding carboxylic acids is 1. The summed E-state index contributed by atoms with van der Waals surface area (Å²) in [5.74, 6) is 1.62. The lowest BCUT2D eigenvalue weighted by atomic mass is 10.0. The monoisotopic (exact) mass is 235 g/mol. The third kappa shape index (κ3) is 2.20. The molecule has 2 rings (SSSR count). The van der Waals surface area contributed by atoms with Gasteiger partial charge in [-0.1, -0.05) is 0 Å². The Morgan fingerprint density at radius 3 is 2.24 bits per heavy atom. The van der Waals surface area contributed by atoms with Gasteiger partial charge in [-0.3, -0.25) is 4.79 Å². The molecule has 17 heavy (non-hydrogen) atoms. The summed E-state index contributed by atoms with van der Waals surface area (Å²) in [6.45, 7) is 0.633. The topological polar surface area (TPSA) is 38.8 Å². The average molecular weight is 235 g/mol. The first-order valence-electron chi connectivity index (χ1n) is 5.63. The Bertz CT molecular complexity index is 443. The molecule has 1 heterocycles. The van der Waals surface area contributed by atoms with Gasteiger partial charge < -0.3 is 14.4 Å². The largest absolute Gasteiger partial charge is 0.493 e. The highest BCUT2D eigenvalue weighted by atomic mass is 16.5. The lowest BCUT2D eigenvalue weighted by molar-refractivity contribution is -0.130. The number of aryl methyl sites for hydroxylation is 1. The molecule has 0 fully saturated rings. The third-order valence-corrected chi connectivity index (χ3v) is 3.15. The fraction of sp³-hybridized carbons (Fsp3) is 0.462. The van der Waals surface area contributed by atoms with Crippen molar-refractivity contribution in [3.05, 3.63) is 23.3 Å². The molecule has 0 saturated heterocycles. The summed E-state index contributed by atoms with van der Waals surface area (Å²) in [5, 5.41) is 0. The fourth-order valence-corrected chi connectivity index (χ4v) is 2.12. The maximum absolute atomic E-state index is 11.7. The van der Waals surface area contributed by atoms with E-state index >= 15 is 0 Å². The first-order valence-corrected chi connectivity index (χ1v) is 5.63. The number of ether oxygens (including phenoxy) is 2. The molecule has 0 saturated carbocycles. The van der Waals surface area contributed by atoms with Gasteiger partial charge in [0.05, 0.1) is 14.2 Å². The lowest BCUT2D eigenvalue weighted by Gasteiger charge is -2.16. The molecule has 1 amide bonds. The summed E-state index contributed by atoms with van der Waals surface area (Å²) in [6.07, 6.45) is 1.32. The summed E-state index contributed by atoms with van der Waals surface area (Å²) in [4.78, 5) is 13.4. The molecule has 1 aromatic carbocycles. The predicted molar refractivity (Wildman–Crippen MR) is 64.3 cm³/mol. The zero-order chi connectivity index (χ0) is 12.4. The minimum absolute atomic E-state index is 0.180. The standard InChI is InChI=1S/C13H17NO3/c1-14-8-10-7-12(17-3)11(16-2)6-9(10)4-5-13(14)15/h6-7H,4-5,8H2,1-3H3. The summed E-state index contributed by atoms with van der Waals surface area (Å²) >= 11 is 0. The van der Waals surface area contributed by atoms with Crippen molar-refractivity contribution in [1.82, 2.24) is 4.90 Å². The van der Waals surface area contributed by atoms with Gasteiger partial charge in [-0.15, -0.1) is 0 Å². The van der Waals surface area contributed by atoms with Crippen LogP contribution in [0.15, 0.2) is 12.1 Å².